The SMILES string of the molecule is CCC(=O)Nc1ccccc1[C@@H]1CCNc2c(C(N)=O)c(-c3ccc(Cl)cc3)nn21. The molecule has 1 aromatic heterocycles. The third-order valence-electron chi connectivity index (χ3n) is 5.19. The van der Waals surface area contributed by atoms with E-state index < -0.39 is 5.91 Å². The monoisotopic (exact) mass is 423 g/mol. The Balaban J connectivity index is 1.84. The number of carbonyl (C=O) groups is 2. The van der Waals surface area contributed by atoms with Crippen LogP contribution in [0.15, 0.2) is 48.5 Å². The molecular formula is C22H22ClN5O2. The minimum atomic E-state index is -0.554. The van der Waals surface area contributed by atoms with Crippen molar-refractivity contribution in [2.24, 2.45) is 5.73 Å². The number of hydrogen-bond acceptors (Lipinski definition) is 4. The molecule has 1 aliphatic rings. The zero-order valence-electron chi connectivity index (χ0n) is 16.5. The third-order valence-corrected chi connectivity index (χ3v) is 5.45. The van der Waals surface area contributed by atoms with Gasteiger partial charge in [-0.3, -0.25) is 9.59 Å². The maximum Gasteiger partial charge on any atom is 0.254 e. The van der Waals surface area contributed by atoms with Crippen LogP contribution in [0.4, 0.5) is 11.5 Å². The van der Waals surface area contributed by atoms with Crippen LogP contribution in [0, 0.1) is 0 Å². The maximum absolute atomic E-state index is 12.3. The Kier molecular flexibility index (Phi) is 5.46. The molecular weight excluding hydrogens is 402 g/mol. The molecule has 0 saturated heterocycles. The van der Waals surface area contributed by atoms with Gasteiger partial charge in [0.2, 0.25) is 5.91 Å². The minimum Gasteiger partial charge on any atom is -0.369 e. The van der Waals surface area contributed by atoms with Crippen molar-refractivity contribution in [2.45, 2.75) is 25.8 Å². The third kappa shape index (κ3) is 3.64. The number of para-hydroxylation sites is 1. The lowest BCUT2D eigenvalue weighted by atomic mass is 9.99. The summed E-state index contributed by atoms with van der Waals surface area (Å²) in [6.07, 6.45) is 1.13. The fourth-order valence-corrected chi connectivity index (χ4v) is 3.88. The van der Waals surface area contributed by atoms with Gasteiger partial charge in [-0.15, -0.1) is 0 Å². The smallest absolute Gasteiger partial charge is 0.254 e. The van der Waals surface area contributed by atoms with Gasteiger partial charge < -0.3 is 16.4 Å². The zero-order valence-corrected chi connectivity index (χ0v) is 17.2. The van der Waals surface area contributed by atoms with E-state index >= 15 is 0 Å². The van der Waals surface area contributed by atoms with Gasteiger partial charge in [0.15, 0.2) is 0 Å². The predicted octanol–water partition coefficient (Wildman–Crippen LogP) is 4.06. The fraction of sp³-hybridized carbons (Fsp3) is 0.227. The average Bonchev–Trinajstić information content (AvgIpc) is 3.14. The van der Waals surface area contributed by atoms with Crippen molar-refractivity contribution in [2.75, 3.05) is 17.2 Å². The average molecular weight is 424 g/mol. The quantitative estimate of drug-likeness (QED) is 0.575. The van der Waals surface area contributed by atoms with Crippen LogP contribution in [0.2, 0.25) is 5.02 Å². The molecule has 1 aliphatic heterocycles. The number of benzene rings is 2. The molecule has 0 spiro atoms. The largest absolute Gasteiger partial charge is 0.369 e. The number of nitrogens with one attached hydrogen (secondary N) is 2. The Hall–Kier alpha value is -3.32. The Morgan fingerprint density at radius 2 is 1.97 bits per heavy atom. The second-order valence-electron chi connectivity index (χ2n) is 7.11. The van der Waals surface area contributed by atoms with Gasteiger partial charge in [-0.05, 0) is 24.6 Å². The zero-order chi connectivity index (χ0) is 21.3. The van der Waals surface area contributed by atoms with Gasteiger partial charge in [-0.2, -0.15) is 5.10 Å². The number of nitrogens with zero attached hydrogens (tertiary/aromatic N) is 2. The van der Waals surface area contributed by atoms with E-state index in [0.29, 0.717) is 35.1 Å². The highest BCUT2D eigenvalue weighted by Gasteiger charge is 2.31. The molecule has 0 saturated carbocycles. The van der Waals surface area contributed by atoms with Crippen LogP contribution >= 0.6 is 11.6 Å². The van der Waals surface area contributed by atoms with Gasteiger partial charge in [-0.1, -0.05) is 48.9 Å². The number of primary amides is 1. The van der Waals surface area contributed by atoms with Gasteiger partial charge in [-0.25, -0.2) is 4.68 Å². The molecule has 30 heavy (non-hydrogen) atoms. The van der Waals surface area contributed by atoms with Crippen LogP contribution in [0.1, 0.15) is 41.7 Å². The summed E-state index contributed by atoms with van der Waals surface area (Å²) in [6.45, 7) is 2.46. The molecule has 0 bridgehead atoms. The van der Waals surface area contributed by atoms with Crippen LogP contribution in [0.5, 0.6) is 0 Å². The molecule has 154 valence electrons. The number of amides is 2. The van der Waals surface area contributed by atoms with Crippen molar-refractivity contribution in [3.05, 3.63) is 64.7 Å². The molecule has 2 aromatic carbocycles. The van der Waals surface area contributed by atoms with E-state index in [1.807, 2.05) is 43.3 Å². The first-order valence-electron chi connectivity index (χ1n) is 9.80. The Morgan fingerprint density at radius 3 is 2.67 bits per heavy atom. The summed E-state index contributed by atoms with van der Waals surface area (Å²) >= 11 is 6.01. The topological polar surface area (TPSA) is 102 Å². The molecule has 4 N–H and O–H groups in total. The van der Waals surface area contributed by atoms with E-state index in [4.69, 9.17) is 22.4 Å². The minimum absolute atomic E-state index is 0.0586. The highest BCUT2D eigenvalue weighted by Crippen LogP contribution is 2.38. The van der Waals surface area contributed by atoms with Crippen molar-refractivity contribution >= 4 is 34.9 Å². The first-order chi connectivity index (χ1) is 14.5. The number of nitrogens with two attached hydrogens (primary N) is 1. The summed E-state index contributed by atoms with van der Waals surface area (Å²) in [4.78, 5) is 24.3. The summed E-state index contributed by atoms with van der Waals surface area (Å²) in [5.41, 5.74) is 9.01. The summed E-state index contributed by atoms with van der Waals surface area (Å²) in [6, 6.07) is 14.6. The predicted molar refractivity (Wildman–Crippen MR) is 118 cm³/mol. The molecule has 1 atom stereocenters. The molecule has 0 unspecified atom stereocenters. The lowest BCUT2D eigenvalue weighted by Gasteiger charge is -2.28. The number of anilines is 2. The Labute approximate surface area is 179 Å². The standard InChI is InChI=1S/C22H22ClN5O2/c1-2-18(29)26-16-6-4-3-5-15(16)17-11-12-25-22-19(21(24)30)20(27-28(17)22)13-7-9-14(23)10-8-13/h3-10,17,25H,2,11-12H2,1H3,(H2,24,30)(H,26,29)/t17-/m0/s1. The highest BCUT2D eigenvalue weighted by molar-refractivity contribution is 6.30. The van der Waals surface area contributed by atoms with Gasteiger partial charge >= 0.3 is 0 Å². The molecule has 8 heteroatoms. The van der Waals surface area contributed by atoms with E-state index in [1.54, 1.807) is 16.8 Å². The number of rotatable bonds is 5. The number of hydrogen-bond donors (Lipinski definition) is 3. The van der Waals surface area contributed by atoms with E-state index in [1.165, 1.54) is 0 Å². The summed E-state index contributed by atoms with van der Waals surface area (Å²) < 4.78 is 1.80. The van der Waals surface area contributed by atoms with Crippen LogP contribution in [-0.2, 0) is 4.79 Å². The lowest BCUT2D eigenvalue weighted by molar-refractivity contribution is -0.115. The van der Waals surface area contributed by atoms with Crippen LogP contribution in [-0.4, -0.2) is 28.1 Å². The molecule has 2 amide bonds. The lowest BCUT2D eigenvalue weighted by Crippen LogP contribution is -2.27. The first kappa shape index (κ1) is 20.0. The normalized spacial score (nSPS) is 15.2. The molecule has 0 radical (unpaired) electrons. The van der Waals surface area contributed by atoms with Gasteiger partial charge in [0, 0.05) is 34.8 Å². The first-order valence-corrected chi connectivity index (χ1v) is 10.2. The molecule has 2 heterocycles. The van der Waals surface area contributed by atoms with Gasteiger partial charge in [0.05, 0.1) is 6.04 Å². The second kappa shape index (κ2) is 8.20. The van der Waals surface area contributed by atoms with Crippen LogP contribution in [0.25, 0.3) is 11.3 Å². The molecule has 0 fully saturated rings. The van der Waals surface area contributed by atoms with Crippen molar-refractivity contribution < 1.29 is 9.59 Å². The summed E-state index contributed by atoms with van der Waals surface area (Å²) in [7, 11) is 0. The molecule has 7 nitrogen and oxygen atoms in total. The van der Waals surface area contributed by atoms with Gasteiger partial charge in [0.25, 0.3) is 5.91 Å². The number of fused-ring (bicyclic) bond motifs is 1. The number of aromatic nitrogens is 2. The summed E-state index contributed by atoms with van der Waals surface area (Å²) in [5, 5.41) is 11.6. The molecule has 0 aliphatic carbocycles. The Morgan fingerprint density at radius 1 is 1.23 bits per heavy atom. The number of carbonyl (C=O) groups excluding carboxylic acids is 2. The van der Waals surface area contributed by atoms with Crippen LogP contribution in [0.3, 0.4) is 0 Å². The van der Waals surface area contributed by atoms with Crippen molar-refractivity contribution in [3.8, 4) is 11.3 Å². The van der Waals surface area contributed by atoms with E-state index in [0.717, 1.165) is 23.2 Å². The van der Waals surface area contributed by atoms with E-state index in [9.17, 15) is 9.59 Å². The highest BCUT2D eigenvalue weighted by atomic mass is 35.5. The fourth-order valence-electron chi connectivity index (χ4n) is 3.75. The second-order valence-corrected chi connectivity index (χ2v) is 7.54. The molecule has 3 aromatic rings. The van der Waals surface area contributed by atoms with Crippen LogP contribution < -0.4 is 16.4 Å². The van der Waals surface area contributed by atoms with Crippen molar-refractivity contribution in [1.82, 2.24) is 9.78 Å². The van der Waals surface area contributed by atoms with Gasteiger partial charge in [0.1, 0.15) is 17.1 Å². The van der Waals surface area contributed by atoms with E-state index in [2.05, 4.69) is 10.6 Å². The maximum atomic E-state index is 12.3. The van der Waals surface area contributed by atoms with Crippen molar-refractivity contribution in [1.29, 1.82) is 0 Å². The summed E-state index contributed by atoms with van der Waals surface area (Å²) in [5.74, 6) is -0.0287. The van der Waals surface area contributed by atoms with Crippen molar-refractivity contribution in [3.63, 3.8) is 0 Å². The number of halogens is 1. The molecule has 4 rings (SSSR count). The Bertz CT molecular complexity index is 1110. The van der Waals surface area contributed by atoms with E-state index in [-0.39, 0.29) is 11.9 Å².